The molecule has 0 fully saturated rings. The zero-order valence-electron chi connectivity index (χ0n) is 14.8. The third-order valence-corrected chi connectivity index (χ3v) is 5.26. The van der Waals surface area contributed by atoms with Gasteiger partial charge in [-0.1, -0.05) is 66.7 Å². The van der Waals surface area contributed by atoms with Crippen LogP contribution < -0.4 is 0 Å². The Kier molecular flexibility index (Phi) is 6.44. The summed E-state index contributed by atoms with van der Waals surface area (Å²) in [5, 5.41) is 9.56. The van der Waals surface area contributed by atoms with E-state index in [9.17, 15) is 14.7 Å². The molecular formula is C23H20O3S. The molecular weight excluding hydrogens is 356 g/mol. The Morgan fingerprint density at radius 2 is 1.52 bits per heavy atom. The molecule has 0 saturated carbocycles. The number of ketones is 1. The lowest BCUT2D eigenvalue weighted by atomic mass is 9.99. The molecule has 3 aromatic carbocycles. The third kappa shape index (κ3) is 5.31. The van der Waals surface area contributed by atoms with Crippen LogP contribution in [0.4, 0.5) is 0 Å². The average molecular weight is 376 g/mol. The van der Waals surface area contributed by atoms with Crippen molar-refractivity contribution in [2.45, 2.75) is 17.7 Å². The van der Waals surface area contributed by atoms with E-state index in [1.54, 1.807) is 48.2 Å². The van der Waals surface area contributed by atoms with E-state index in [-0.39, 0.29) is 17.8 Å². The van der Waals surface area contributed by atoms with E-state index in [0.717, 1.165) is 17.1 Å². The minimum absolute atomic E-state index is 0.0809. The summed E-state index contributed by atoms with van der Waals surface area (Å²) in [7, 11) is 0. The van der Waals surface area contributed by atoms with Crippen LogP contribution in [0.15, 0.2) is 83.8 Å². The van der Waals surface area contributed by atoms with Gasteiger partial charge in [0.25, 0.3) is 0 Å². The predicted octanol–water partition coefficient (Wildman–Crippen LogP) is 5.15. The van der Waals surface area contributed by atoms with Gasteiger partial charge in [0.2, 0.25) is 0 Å². The Hall–Kier alpha value is -2.85. The first-order chi connectivity index (χ1) is 13.1. The van der Waals surface area contributed by atoms with Crippen LogP contribution in [0.5, 0.6) is 0 Å². The topological polar surface area (TPSA) is 54.4 Å². The SMILES string of the molecule is O=C(Cc1ccc(SCCc2ccccc2)cc1C(=O)O)c1ccccc1. The number of carboxylic acids is 1. The monoisotopic (exact) mass is 376 g/mol. The number of thioether (sulfide) groups is 1. The maximum atomic E-state index is 12.4. The summed E-state index contributed by atoms with van der Waals surface area (Å²) < 4.78 is 0. The molecule has 0 atom stereocenters. The van der Waals surface area contributed by atoms with Crippen LogP contribution in [0.2, 0.25) is 0 Å². The van der Waals surface area contributed by atoms with Crippen molar-refractivity contribution in [2.75, 3.05) is 5.75 Å². The Morgan fingerprint density at radius 3 is 2.19 bits per heavy atom. The number of carbonyl (C=O) groups is 2. The Balaban J connectivity index is 1.69. The highest BCUT2D eigenvalue weighted by Gasteiger charge is 2.15. The second-order valence-electron chi connectivity index (χ2n) is 6.17. The number of hydrogen-bond donors (Lipinski definition) is 1. The summed E-state index contributed by atoms with van der Waals surface area (Å²) in [6.07, 6.45) is 1.00. The molecule has 27 heavy (non-hydrogen) atoms. The molecule has 3 rings (SSSR count). The smallest absolute Gasteiger partial charge is 0.336 e. The molecule has 0 radical (unpaired) electrons. The number of aromatic carboxylic acids is 1. The molecule has 1 N–H and O–H groups in total. The molecule has 0 heterocycles. The van der Waals surface area contributed by atoms with Crippen LogP contribution in [0.1, 0.15) is 31.8 Å². The first-order valence-electron chi connectivity index (χ1n) is 8.74. The van der Waals surface area contributed by atoms with Crippen LogP contribution in [-0.2, 0) is 12.8 Å². The number of carboxylic acid groups (broad SMARTS) is 1. The van der Waals surface area contributed by atoms with Crippen molar-refractivity contribution >= 4 is 23.5 Å². The molecule has 0 aromatic heterocycles. The molecule has 0 spiro atoms. The molecule has 0 aliphatic heterocycles. The van der Waals surface area contributed by atoms with Crippen molar-refractivity contribution in [2.24, 2.45) is 0 Å². The van der Waals surface area contributed by atoms with Gasteiger partial charge in [0.15, 0.2) is 5.78 Å². The number of carbonyl (C=O) groups excluding carboxylic acids is 1. The van der Waals surface area contributed by atoms with E-state index in [0.29, 0.717) is 11.1 Å². The molecule has 3 aromatic rings. The summed E-state index contributed by atoms with van der Waals surface area (Å²) in [5.41, 5.74) is 2.59. The van der Waals surface area contributed by atoms with Crippen molar-refractivity contribution in [1.82, 2.24) is 0 Å². The van der Waals surface area contributed by atoms with Crippen molar-refractivity contribution in [3.05, 3.63) is 101 Å². The van der Waals surface area contributed by atoms with Gasteiger partial charge in [-0.3, -0.25) is 4.79 Å². The van der Waals surface area contributed by atoms with Gasteiger partial charge in [-0.15, -0.1) is 11.8 Å². The lowest BCUT2D eigenvalue weighted by molar-refractivity contribution is 0.0695. The van der Waals surface area contributed by atoms with Gasteiger partial charge in [0.05, 0.1) is 5.56 Å². The fraction of sp³-hybridized carbons (Fsp3) is 0.130. The van der Waals surface area contributed by atoms with Crippen LogP contribution in [0.25, 0.3) is 0 Å². The van der Waals surface area contributed by atoms with Gasteiger partial charge in [-0.05, 0) is 29.7 Å². The van der Waals surface area contributed by atoms with Gasteiger partial charge >= 0.3 is 5.97 Å². The quantitative estimate of drug-likeness (QED) is 0.437. The van der Waals surface area contributed by atoms with Crippen LogP contribution in [0.3, 0.4) is 0 Å². The van der Waals surface area contributed by atoms with Crippen molar-refractivity contribution < 1.29 is 14.7 Å². The first kappa shape index (κ1) is 18.9. The number of hydrogen-bond acceptors (Lipinski definition) is 3. The molecule has 0 aliphatic rings. The van der Waals surface area contributed by atoms with Gasteiger partial charge in [-0.2, -0.15) is 0 Å². The lowest BCUT2D eigenvalue weighted by Crippen LogP contribution is -2.09. The second-order valence-corrected chi connectivity index (χ2v) is 7.34. The van der Waals surface area contributed by atoms with Crippen LogP contribution >= 0.6 is 11.8 Å². The van der Waals surface area contributed by atoms with Crippen molar-refractivity contribution in [3.63, 3.8) is 0 Å². The largest absolute Gasteiger partial charge is 0.478 e. The van der Waals surface area contributed by atoms with E-state index < -0.39 is 5.97 Å². The number of aryl methyl sites for hydroxylation is 1. The number of Topliss-reactive ketones (excluding diaryl/α,β-unsaturated/α-hetero) is 1. The average Bonchev–Trinajstić information content (AvgIpc) is 2.70. The molecule has 0 bridgehead atoms. The summed E-state index contributed by atoms with van der Waals surface area (Å²) in [6.45, 7) is 0. The highest BCUT2D eigenvalue weighted by molar-refractivity contribution is 7.99. The summed E-state index contributed by atoms with van der Waals surface area (Å²) >= 11 is 1.62. The number of benzene rings is 3. The second kappa shape index (κ2) is 9.19. The summed E-state index contributed by atoms with van der Waals surface area (Å²) in [5.74, 6) is -0.218. The summed E-state index contributed by atoms with van der Waals surface area (Å²) in [4.78, 5) is 25.0. The first-order valence-corrected chi connectivity index (χ1v) is 9.73. The molecule has 3 nitrogen and oxygen atoms in total. The molecule has 0 aliphatic carbocycles. The number of rotatable bonds is 8. The van der Waals surface area contributed by atoms with Gasteiger partial charge in [0.1, 0.15) is 0 Å². The lowest BCUT2D eigenvalue weighted by Gasteiger charge is -2.09. The highest BCUT2D eigenvalue weighted by Crippen LogP contribution is 2.24. The third-order valence-electron chi connectivity index (χ3n) is 4.26. The van der Waals surface area contributed by atoms with E-state index in [1.165, 1.54) is 5.56 Å². The van der Waals surface area contributed by atoms with Gasteiger partial charge in [-0.25, -0.2) is 4.79 Å². The zero-order chi connectivity index (χ0) is 19.1. The van der Waals surface area contributed by atoms with E-state index >= 15 is 0 Å². The fourth-order valence-electron chi connectivity index (χ4n) is 2.83. The molecule has 0 unspecified atom stereocenters. The van der Waals surface area contributed by atoms with E-state index in [1.807, 2.05) is 30.3 Å². The predicted molar refractivity (Wildman–Crippen MR) is 109 cm³/mol. The standard InChI is InChI=1S/C23H20O3S/c24-22(18-9-5-2-6-10-18)15-19-11-12-20(16-21(19)23(25)26)27-14-13-17-7-3-1-4-8-17/h1-12,16H,13-15H2,(H,25,26). The Labute approximate surface area is 163 Å². The molecule has 4 heteroatoms. The minimum Gasteiger partial charge on any atom is -0.478 e. The fourth-order valence-corrected chi connectivity index (χ4v) is 3.77. The van der Waals surface area contributed by atoms with Gasteiger partial charge in [0, 0.05) is 22.6 Å². The Morgan fingerprint density at radius 1 is 0.852 bits per heavy atom. The van der Waals surface area contributed by atoms with Crippen molar-refractivity contribution in [3.8, 4) is 0 Å². The minimum atomic E-state index is -1.00. The maximum Gasteiger partial charge on any atom is 0.336 e. The zero-order valence-corrected chi connectivity index (χ0v) is 15.6. The molecule has 0 saturated heterocycles. The van der Waals surface area contributed by atoms with E-state index in [4.69, 9.17) is 0 Å². The highest BCUT2D eigenvalue weighted by atomic mass is 32.2. The van der Waals surface area contributed by atoms with Crippen LogP contribution in [0, 0.1) is 0 Å². The Bertz CT molecular complexity index is 921. The normalized spacial score (nSPS) is 10.5. The maximum absolute atomic E-state index is 12.4. The van der Waals surface area contributed by atoms with Crippen molar-refractivity contribution in [1.29, 1.82) is 0 Å². The molecule has 0 amide bonds. The van der Waals surface area contributed by atoms with Crippen LogP contribution in [-0.4, -0.2) is 22.6 Å². The van der Waals surface area contributed by atoms with E-state index in [2.05, 4.69) is 12.1 Å². The molecule has 136 valence electrons. The summed E-state index contributed by atoms with van der Waals surface area (Å²) in [6, 6.07) is 24.5. The van der Waals surface area contributed by atoms with Gasteiger partial charge < -0.3 is 5.11 Å².